The summed E-state index contributed by atoms with van der Waals surface area (Å²) in [6.45, 7) is 2.68. The van der Waals surface area contributed by atoms with Gasteiger partial charge in [-0.3, -0.25) is 4.79 Å². The highest BCUT2D eigenvalue weighted by Gasteiger charge is 2.51. The van der Waals surface area contributed by atoms with Crippen molar-refractivity contribution < 1.29 is 64.6 Å². The van der Waals surface area contributed by atoms with Crippen LogP contribution in [-0.2, 0) is 23.7 Å². The summed E-state index contributed by atoms with van der Waals surface area (Å²) < 4.78 is 22.8. The second-order valence-electron chi connectivity index (χ2n) is 20.7. The van der Waals surface area contributed by atoms with E-state index < -0.39 is 86.8 Å². The largest absolute Gasteiger partial charge is 0.394 e. The number of ether oxygens (including phenoxy) is 4. The molecular formula is C61H107NO13. The van der Waals surface area contributed by atoms with Crippen LogP contribution in [0.4, 0.5) is 0 Å². The van der Waals surface area contributed by atoms with Crippen LogP contribution in [0, 0.1) is 0 Å². The molecule has 0 aromatic carbocycles. The monoisotopic (exact) mass is 1060 g/mol. The SMILES string of the molecule is CC/C=C\C/C=C\C/C=C\C/C=C\C/C=C\CCCCCCCCCCCC(=O)NC(COC1OC(CO)C(OC2OC(CO)C(O)C(O)C2O)C(O)C1O)C(O)/C=C/CCCCCCCCCCCCCCCC. The first kappa shape index (κ1) is 68.5. The van der Waals surface area contributed by atoms with Crippen LogP contribution >= 0.6 is 0 Å². The summed E-state index contributed by atoms with van der Waals surface area (Å²) in [7, 11) is 0. The number of aliphatic hydroxyl groups is 8. The molecule has 14 heteroatoms. The topological polar surface area (TPSA) is 228 Å². The molecule has 0 aromatic heterocycles. The lowest BCUT2D eigenvalue weighted by molar-refractivity contribution is -0.359. The zero-order valence-corrected chi connectivity index (χ0v) is 46.5. The first-order chi connectivity index (χ1) is 36.6. The van der Waals surface area contributed by atoms with Crippen molar-refractivity contribution >= 4 is 5.91 Å². The van der Waals surface area contributed by atoms with E-state index in [0.29, 0.717) is 6.42 Å². The third-order valence-electron chi connectivity index (χ3n) is 14.1. The van der Waals surface area contributed by atoms with E-state index in [0.717, 1.165) is 77.0 Å². The van der Waals surface area contributed by atoms with Gasteiger partial charge in [-0.1, -0.05) is 215 Å². The Kier molecular flexibility index (Phi) is 42.4. The van der Waals surface area contributed by atoms with Gasteiger partial charge in [-0.25, -0.2) is 0 Å². The number of hydrogen-bond acceptors (Lipinski definition) is 13. The Morgan fingerprint density at radius 3 is 1.41 bits per heavy atom. The van der Waals surface area contributed by atoms with Crippen molar-refractivity contribution in [3.05, 3.63) is 72.9 Å². The minimum absolute atomic E-state index is 0.248. The van der Waals surface area contributed by atoms with E-state index >= 15 is 0 Å². The second-order valence-corrected chi connectivity index (χ2v) is 20.7. The van der Waals surface area contributed by atoms with Crippen molar-refractivity contribution in [1.82, 2.24) is 5.32 Å². The van der Waals surface area contributed by atoms with Gasteiger partial charge in [-0.05, 0) is 64.2 Å². The molecule has 0 spiro atoms. The van der Waals surface area contributed by atoms with E-state index in [2.05, 4.69) is 79.9 Å². The van der Waals surface area contributed by atoms with E-state index in [1.165, 1.54) is 109 Å². The van der Waals surface area contributed by atoms with Gasteiger partial charge >= 0.3 is 0 Å². The zero-order chi connectivity index (χ0) is 54.6. The fraction of sp³-hybridized carbons (Fsp3) is 0.787. The van der Waals surface area contributed by atoms with Crippen LogP contribution in [0.5, 0.6) is 0 Å². The van der Waals surface area contributed by atoms with Crippen molar-refractivity contribution in [3.63, 3.8) is 0 Å². The molecule has 2 heterocycles. The van der Waals surface area contributed by atoms with Gasteiger partial charge < -0.3 is 65.1 Å². The molecule has 0 bridgehead atoms. The van der Waals surface area contributed by atoms with Crippen LogP contribution in [-0.4, -0.2) is 140 Å². The van der Waals surface area contributed by atoms with E-state index in [1.807, 2.05) is 6.08 Å². The van der Waals surface area contributed by atoms with E-state index in [-0.39, 0.29) is 18.9 Å². The van der Waals surface area contributed by atoms with Gasteiger partial charge in [-0.15, -0.1) is 0 Å². The second kappa shape index (κ2) is 46.4. The molecule has 2 saturated heterocycles. The average molecular weight is 1060 g/mol. The number of hydrogen-bond donors (Lipinski definition) is 9. The number of allylic oxidation sites excluding steroid dienone is 11. The summed E-state index contributed by atoms with van der Waals surface area (Å²) in [6, 6.07) is -0.922. The first-order valence-electron chi connectivity index (χ1n) is 29.7. The maximum absolute atomic E-state index is 13.3. The standard InChI is InChI=1S/C61H107NO13/c1-3-5-7-9-11-13-15-17-19-21-22-23-24-25-26-27-28-29-31-33-35-37-39-41-43-45-53(66)62-49(50(65)44-42-40-38-36-34-32-30-20-18-16-14-12-10-8-6-4-2)48-72-60-58(71)56(69)59(52(47-64)74-60)75-61-57(70)55(68)54(67)51(46-63)73-61/h5,7,11,13,17,19,22-23,25-26,42,44,49-52,54-61,63-65,67-71H,3-4,6,8-10,12,14-16,18,20-21,24,27-41,43,45-48H2,1-2H3,(H,62,66)/b7-5-,13-11-,19-17-,23-22-,26-25-,44-42+. The Morgan fingerprint density at radius 1 is 0.493 bits per heavy atom. The van der Waals surface area contributed by atoms with Crippen molar-refractivity contribution in [3.8, 4) is 0 Å². The van der Waals surface area contributed by atoms with Crippen LogP contribution in [0.25, 0.3) is 0 Å². The number of rotatable bonds is 46. The molecule has 0 radical (unpaired) electrons. The lowest BCUT2D eigenvalue weighted by Crippen LogP contribution is -2.65. The van der Waals surface area contributed by atoms with Crippen LogP contribution < -0.4 is 5.32 Å². The average Bonchev–Trinajstić information content (AvgIpc) is 3.41. The molecule has 1 amide bonds. The highest BCUT2D eigenvalue weighted by atomic mass is 16.7. The molecule has 75 heavy (non-hydrogen) atoms. The van der Waals surface area contributed by atoms with Crippen molar-refractivity contribution in [2.24, 2.45) is 0 Å². The number of amides is 1. The number of carbonyl (C=O) groups excluding carboxylic acids is 1. The first-order valence-corrected chi connectivity index (χ1v) is 29.7. The lowest BCUT2D eigenvalue weighted by atomic mass is 9.97. The van der Waals surface area contributed by atoms with Crippen molar-refractivity contribution in [2.75, 3.05) is 19.8 Å². The molecule has 12 atom stereocenters. The molecular weight excluding hydrogens is 955 g/mol. The van der Waals surface area contributed by atoms with Gasteiger partial charge in [-0.2, -0.15) is 0 Å². The number of carbonyl (C=O) groups is 1. The van der Waals surface area contributed by atoms with E-state index in [1.54, 1.807) is 6.08 Å². The Morgan fingerprint density at radius 2 is 0.920 bits per heavy atom. The smallest absolute Gasteiger partial charge is 0.220 e. The summed E-state index contributed by atoms with van der Waals surface area (Å²) in [6.07, 6.45) is 43.6. The van der Waals surface area contributed by atoms with Crippen molar-refractivity contribution in [1.29, 1.82) is 0 Å². The molecule has 14 nitrogen and oxygen atoms in total. The summed E-state index contributed by atoms with van der Waals surface area (Å²) in [5.74, 6) is -0.248. The van der Waals surface area contributed by atoms with Crippen LogP contribution in [0.1, 0.15) is 213 Å². The minimum atomic E-state index is -1.79. The number of aliphatic hydroxyl groups excluding tert-OH is 8. The van der Waals surface area contributed by atoms with Gasteiger partial charge in [0.1, 0.15) is 48.8 Å². The minimum Gasteiger partial charge on any atom is -0.394 e. The molecule has 12 unspecified atom stereocenters. The molecule has 2 rings (SSSR count). The fourth-order valence-corrected chi connectivity index (χ4v) is 9.38. The predicted octanol–water partition coefficient (Wildman–Crippen LogP) is 9.94. The van der Waals surface area contributed by atoms with Crippen LogP contribution in [0.3, 0.4) is 0 Å². The summed E-state index contributed by atoms with van der Waals surface area (Å²) in [5.41, 5.74) is 0. The quantitative estimate of drug-likeness (QED) is 0.0205. The molecule has 2 fully saturated rings. The predicted molar refractivity (Wildman–Crippen MR) is 300 cm³/mol. The van der Waals surface area contributed by atoms with Crippen LogP contribution in [0.2, 0.25) is 0 Å². The molecule has 0 saturated carbocycles. The third-order valence-corrected chi connectivity index (χ3v) is 14.1. The van der Waals surface area contributed by atoms with Gasteiger partial charge in [0.15, 0.2) is 12.6 Å². The number of nitrogens with one attached hydrogen (secondary N) is 1. The van der Waals surface area contributed by atoms with Gasteiger partial charge in [0.2, 0.25) is 5.91 Å². The third kappa shape index (κ3) is 32.2. The van der Waals surface area contributed by atoms with Gasteiger partial charge in [0.25, 0.3) is 0 Å². The molecule has 9 N–H and O–H groups in total. The highest BCUT2D eigenvalue weighted by molar-refractivity contribution is 5.76. The van der Waals surface area contributed by atoms with E-state index in [9.17, 15) is 45.6 Å². The summed E-state index contributed by atoms with van der Waals surface area (Å²) in [4.78, 5) is 13.3. The zero-order valence-electron chi connectivity index (χ0n) is 46.5. The Bertz CT molecular complexity index is 1530. The number of unbranched alkanes of at least 4 members (excludes halogenated alkanes) is 23. The highest BCUT2D eigenvalue weighted by Crippen LogP contribution is 2.30. The molecule has 0 aliphatic carbocycles. The fourth-order valence-electron chi connectivity index (χ4n) is 9.38. The Hall–Kier alpha value is -2.57. The Labute approximate surface area is 453 Å². The molecule has 2 aliphatic heterocycles. The maximum Gasteiger partial charge on any atom is 0.220 e. The van der Waals surface area contributed by atoms with Gasteiger partial charge in [0.05, 0.1) is 32.0 Å². The van der Waals surface area contributed by atoms with Crippen LogP contribution in [0.15, 0.2) is 72.9 Å². The maximum atomic E-state index is 13.3. The normalized spacial score (nSPS) is 25.6. The summed E-state index contributed by atoms with van der Waals surface area (Å²) in [5, 5.41) is 87.1. The molecule has 2 aliphatic rings. The molecule has 434 valence electrons. The van der Waals surface area contributed by atoms with E-state index in [4.69, 9.17) is 18.9 Å². The van der Waals surface area contributed by atoms with Gasteiger partial charge in [0, 0.05) is 6.42 Å². The lowest BCUT2D eigenvalue weighted by Gasteiger charge is -2.46. The molecule has 0 aromatic rings. The Balaban J connectivity index is 1.76. The van der Waals surface area contributed by atoms with Crippen molar-refractivity contribution in [2.45, 2.75) is 286 Å². The summed E-state index contributed by atoms with van der Waals surface area (Å²) >= 11 is 0.